The van der Waals surface area contributed by atoms with Crippen molar-refractivity contribution in [2.45, 2.75) is 20.8 Å². The predicted molar refractivity (Wildman–Crippen MR) is 99.9 cm³/mol. The number of hydrogen-bond donors (Lipinski definition) is 1. The second kappa shape index (κ2) is 8.34. The second-order valence-electron chi connectivity index (χ2n) is 5.28. The van der Waals surface area contributed by atoms with Gasteiger partial charge in [-0.05, 0) is 31.2 Å². The Bertz CT molecular complexity index is 826. The van der Waals surface area contributed by atoms with Crippen LogP contribution in [0, 0.1) is 0 Å². The number of amides is 2. The van der Waals surface area contributed by atoms with E-state index in [-0.39, 0.29) is 17.6 Å². The molecule has 2 amide bonds. The van der Waals surface area contributed by atoms with Gasteiger partial charge in [0.2, 0.25) is 11.8 Å². The lowest BCUT2D eigenvalue weighted by atomic mass is 10.1. The van der Waals surface area contributed by atoms with E-state index >= 15 is 0 Å². The third-order valence-corrected chi connectivity index (χ3v) is 4.19. The Kier molecular flexibility index (Phi) is 6.19. The summed E-state index contributed by atoms with van der Waals surface area (Å²) >= 11 is 1.35. The first-order valence-electron chi connectivity index (χ1n) is 7.74. The van der Waals surface area contributed by atoms with Gasteiger partial charge in [0.05, 0.1) is 5.69 Å². The van der Waals surface area contributed by atoms with Crippen LogP contribution in [-0.2, 0) is 9.59 Å². The SMILES string of the molecule is CCN(C(C)=O)c1nc(/C=C/C(=O)c2cccc(NC(C)=O)c2)cs1. The molecule has 25 heavy (non-hydrogen) atoms. The molecular weight excluding hydrogens is 338 g/mol. The second-order valence-corrected chi connectivity index (χ2v) is 6.11. The summed E-state index contributed by atoms with van der Waals surface area (Å²) in [6, 6.07) is 6.73. The monoisotopic (exact) mass is 357 g/mol. The normalized spacial score (nSPS) is 10.7. The first-order chi connectivity index (χ1) is 11.9. The van der Waals surface area contributed by atoms with Gasteiger partial charge in [-0.25, -0.2) is 4.98 Å². The van der Waals surface area contributed by atoms with E-state index in [0.29, 0.717) is 28.6 Å². The van der Waals surface area contributed by atoms with Gasteiger partial charge in [0.25, 0.3) is 0 Å². The van der Waals surface area contributed by atoms with Crippen molar-refractivity contribution in [3.05, 3.63) is 47.0 Å². The van der Waals surface area contributed by atoms with E-state index in [1.54, 1.807) is 40.6 Å². The lowest BCUT2D eigenvalue weighted by Gasteiger charge is -2.14. The Balaban J connectivity index is 2.11. The molecule has 6 nitrogen and oxygen atoms in total. The van der Waals surface area contributed by atoms with Gasteiger partial charge in [-0.2, -0.15) is 0 Å². The minimum Gasteiger partial charge on any atom is -0.326 e. The molecule has 130 valence electrons. The van der Waals surface area contributed by atoms with Crippen molar-refractivity contribution in [2.24, 2.45) is 0 Å². The highest BCUT2D eigenvalue weighted by molar-refractivity contribution is 7.14. The van der Waals surface area contributed by atoms with Crippen LogP contribution in [0.25, 0.3) is 6.08 Å². The molecule has 0 aliphatic rings. The zero-order valence-corrected chi connectivity index (χ0v) is 15.1. The smallest absolute Gasteiger partial charge is 0.225 e. The topological polar surface area (TPSA) is 79.4 Å². The van der Waals surface area contributed by atoms with Crippen molar-refractivity contribution in [2.75, 3.05) is 16.8 Å². The molecule has 0 saturated heterocycles. The van der Waals surface area contributed by atoms with Gasteiger partial charge >= 0.3 is 0 Å². The van der Waals surface area contributed by atoms with Crippen molar-refractivity contribution in [3.8, 4) is 0 Å². The van der Waals surface area contributed by atoms with Crippen LogP contribution in [0.15, 0.2) is 35.7 Å². The Morgan fingerprint density at radius 1 is 1.28 bits per heavy atom. The number of benzene rings is 1. The number of ketones is 1. The molecule has 2 aromatic rings. The summed E-state index contributed by atoms with van der Waals surface area (Å²) in [5.74, 6) is -0.458. The molecule has 0 radical (unpaired) electrons. The van der Waals surface area contributed by atoms with E-state index in [1.807, 2.05) is 6.92 Å². The lowest BCUT2D eigenvalue weighted by Crippen LogP contribution is -2.27. The standard InChI is InChI=1S/C18H19N3O3S/c1-4-21(13(3)23)18-20-16(11-25-18)8-9-17(24)14-6-5-7-15(10-14)19-12(2)22/h5-11H,4H2,1-3H3,(H,19,22)/b9-8+. The summed E-state index contributed by atoms with van der Waals surface area (Å²) in [4.78, 5) is 40.8. The quantitative estimate of drug-likeness (QED) is 0.635. The largest absolute Gasteiger partial charge is 0.326 e. The van der Waals surface area contributed by atoms with Crippen molar-refractivity contribution in [3.63, 3.8) is 0 Å². The summed E-state index contributed by atoms with van der Waals surface area (Å²) in [6.07, 6.45) is 3.04. The summed E-state index contributed by atoms with van der Waals surface area (Å²) in [5, 5.41) is 5.04. The molecule has 1 heterocycles. The first kappa shape index (κ1) is 18.5. The minimum absolute atomic E-state index is 0.0711. The van der Waals surface area contributed by atoms with Crippen LogP contribution in [0.2, 0.25) is 0 Å². The Hall–Kier alpha value is -2.80. The van der Waals surface area contributed by atoms with Gasteiger partial charge in [0.1, 0.15) is 0 Å². The third-order valence-electron chi connectivity index (χ3n) is 3.31. The van der Waals surface area contributed by atoms with Gasteiger partial charge in [-0.1, -0.05) is 12.1 Å². The molecular formula is C18H19N3O3S. The van der Waals surface area contributed by atoms with Crippen LogP contribution in [0.4, 0.5) is 10.8 Å². The fraction of sp³-hybridized carbons (Fsp3) is 0.222. The highest BCUT2D eigenvalue weighted by Crippen LogP contribution is 2.21. The van der Waals surface area contributed by atoms with E-state index in [2.05, 4.69) is 10.3 Å². The Morgan fingerprint density at radius 3 is 2.68 bits per heavy atom. The maximum atomic E-state index is 12.3. The molecule has 1 N–H and O–H groups in total. The van der Waals surface area contributed by atoms with E-state index < -0.39 is 0 Å². The molecule has 1 aromatic heterocycles. The molecule has 0 saturated carbocycles. The van der Waals surface area contributed by atoms with Crippen molar-refractivity contribution < 1.29 is 14.4 Å². The van der Waals surface area contributed by atoms with Crippen LogP contribution in [-0.4, -0.2) is 29.1 Å². The minimum atomic E-state index is -0.194. The van der Waals surface area contributed by atoms with Crippen molar-refractivity contribution >= 4 is 45.8 Å². The molecule has 0 bridgehead atoms. The van der Waals surface area contributed by atoms with E-state index in [1.165, 1.54) is 31.3 Å². The van der Waals surface area contributed by atoms with Crippen LogP contribution in [0.5, 0.6) is 0 Å². The number of thiazole rings is 1. The molecule has 1 aromatic carbocycles. The zero-order valence-electron chi connectivity index (χ0n) is 14.3. The van der Waals surface area contributed by atoms with Crippen LogP contribution in [0.3, 0.4) is 0 Å². The van der Waals surface area contributed by atoms with Crippen LogP contribution in [0.1, 0.15) is 36.8 Å². The van der Waals surface area contributed by atoms with Gasteiger partial charge < -0.3 is 5.32 Å². The van der Waals surface area contributed by atoms with Gasteiger partial charge in [0.15, 0.2) is 10.9 Å². The summed E-state index contributed by atoms with van der Waals surface area (Å²) < 4.78 is 0. The maximum absolute atomic E-state index is 12.3. The highest BCUT2D eigenvalue weighted by Gasteiger charge is 2.12. The molecule has 0 spiro atoms. The number of carbonyl (C=O) groups excluding carboxylic acids is 3. The summed E-state index contributed by atoms with van der Waals surface area (Å²) in [6.45, 7) is 5.33. The highest BCUT2D eigenvalue weighted by atomic mass is 32.1. The fourth-order valence-electron chi connectivity index (χ4n) is 2.18. The van der Waals surface area contributed by atoms with Crippen molar-refractivity contribution in [1.82, 2.24) is 4.98 Å². The predicted octanol–water partition coefficient (Wildman–Crippen LogP) is 3.37. The average Bonchev–Trinajstić information content (AvgIpc) is 3.01. The number of rotatable bonds is 6. The third kappa shape index (κ3) is 5.09. The van der Waals surface area contributed by atoms with E-state index in [0.717, 1.165) is 0 Å². The number of nitrogens with one attached hydrogen (secondary N) is 1. The molecule has 0 aliphatic heterocycles. The molecule has 0 aliphatic carbocycles. The van der Waals surface area contributed by atoms with Gasteiger partial charge in [0, 0.05) is 37.0 Å². The van der Waals surface area contributed by atoms with E-state index in [9.17, 15) is 14.4 Å². The number of nitrogens with zero attached hydrogens (tertiary/aromatic N) is 2. The summed E-state index contributed by atoms with van der Waals surface area (Å²) in [7, 11) is 0. The number of allylic oxidation sites excluding steroid dienone is 1. The van der Waals surface area contributed by atoms with Gasteiger partial charge in [-0.15, -0.1) is 11.3 Å². The molecule has 0 unspecified atom stereocenters. The van der Waals surface area contributed by atoms with Crippen molar-refractivity contribution in [1.29, 1.82) is 0 Å². The van der Waals surface area contributed by atoms with Gasteiger partial charge in [-0.3, -0.25) is 19.3 Å². The number of carbonyl (C=O) groups is 3. The van der Waals surface area contributed by atoms with E-state index in [4.69, 9.17) is 0 Å². The Labute approximate surface area is 150 Å². The molecule has 0 atom stereocenters. The summed E-state index contributed by atoms with van der Waals surface area (Å²) in [5.41, 5.74) is 1.66. The maximum Gasteiger partial charge on any atom is 0.225 e. The number of anilines is 2. The number of aromatic nitrogens is 1. The van der Waals surface area contributed by atoms with Crippen LogP contribution >= 0.6 is 11.3 Å². The zero-order chi connectivity index (χ0) is 18.4. The molecule has 0 fully saturated rings. The fourth-order valence-corrected chi connectivity index (χ4v) is 3.08. The Morgan fingerprint density at radius 2 is 2.04 bits per heavy atom. The lowest BCUT2D eigenvalue weighted by molar-refractivity contribution is -0.116. The first-order valence-corrected chi connectivity index (χ1v) is 8.62. The molecule has 2 rings (SSSR count). The van der Waals surface area contributed by atoms with Crippen LogP contribution < -0.4 is 10.2 Å². The number of hydrogen-bond acceptors (Lipinski definition) is 5. The average molecular weight is 357 g/mol. The molecule has 7 heteroatoms.